The van der Waals surface area contributed by atoms with Crippen LogP contribution in [0.25, 0.3) is 0 Å². The topological polar surface area (TPSA) is 62.8 Å². The average Bonchev–Trinajstić information content (AvgIpc) is 3.06. The standard InChI is InChI=1S/C15H14N4Se/c16-11-8-14(10-5-2-1-4-9(10)11)17-12-6-3-7-13-15(12)19-20-18-13/h1-7,11,14,17H,8,16H2. The van der Waals surface area contributed by atoms with Crippen LogP contribution in [0.15, 0.2) is 50.4 Å². The Morgan fingerprint density at radius 3 is 2.80 bits per heavy atom. The molecule has 2 aromatic rings. The zero-order valence-electron chi connectivity index (χ0n) is 10.8. The molecule has 0 saturated carbocycles. The molecule has 0 spiro atoms. The summed E-state index contributed by atoms with van der Waals surface area (Å²) in [4.78, 5) is 0. The Bertz CT molecular complexity index is 749. The van der Waals surface area contributed by atoms with Crippen molar-refractivity contribution >= 4 is 31.6 Å². The van der Waals surface area contributed by atoms with Crippen LogP contribution in [0, 0.1) is 0 Å². The predicted octanol–water partition coefficient (Wildman–Crippen LogP) is 3.59. The number of benzene rings is 2. The van der Waals surface area contributed by atoms with Crippen molar-refractivity contribution in [1.29, 1.82) is 0 Å². The van der Waals surface area contributed by atoms with Gasteiger partial charge < -0.3 is 0 Å². The summed E-state index contributed by atoms with van der Waals surface area (Å²) in [7, 11) is 0. The molecule has 5 heteroatoms. The van der Waals surface area contributed by atoms with Crippen molar-refractivity contribution in [3.05, 3.63) is 53.6 Å². The monoisotopic (exact) mass is 330 g/mol. The second kappa shape index (κ2) is 4.70. The van der Waals surface area contributed by atoms with Gasteiger partial charge in [-0.25, -0.2) is 0 Å². The zero-order valence-corrected chi connectivity index (χ0v) is 12.5. The van der Waals surface area contributed by atoms with E-state index in [1.165, 1.54) is 11.1 Å². The molecule has 2 aromatic carbocycles. The molecule has 2 aliphatic rings. The van der Waals surface area contributed by atoms with E-state index in [-0.39, 0.29) is 26.7 Å². The molecule has 0 amide bonds. The van der Waals surface area contributed by atoms with Gasteiger partial charge in [-0.15, -0.1) is 0 Å². The molecular formula is C15H14N4Se. The van der Waals surface area contributed by atoms with Gasteiger partial charge in [-0.2, -0.15) is 0 Å². The molecule has 100 valence electrons. The van der Waals surface area contributed by atoms with Crippen molar-refractivity contribution in [3.63, 3.8) is 0 Å². The summed E-state index contributed by atoms with van der Waals surface area (Å²) in [6.45, 7) is 0. The number of fused-ring (bicyclic) bond motifs is 2. The van der Waals surface area contributed by atoms with Crippen LogP contribution in [0.3, 0.4) is 0 Å². The summed E-state index contributed by atoms with van der Waals surface area (Å²) in [6, 6.07) is 14.9. The van der Waals surface area contributed by atoms with E-state index < -0.39 is 0 Å². The van der Waals surface area contributed by atoms with Gasteiger partial charge in [0.25, 0.3) is 0 Å². The van der Waals surface area contributed by atoms with Gasteiger partial charge in [0.1, 0.15) is 0 Å². The van der Waals surface area contributed by atoms with Gasteiger partial charge in [0, 0.05) is 0 Å². The van der Waals surface area contributed by atoms with E-state index in [0.717, 1.165) is 23.5 Å². The summed E-state index contributed by atoms with van der Waals surface area (Å²) in [6.07, 6.45) is 0.922. The number of anilines is 1. The quantitative estimate of drug-likeness (QED) is 0.706. The van der Waals surface area contributed by atoms with Gasteiger partial charge in [0.2, 0.25) is 0 Å². The molecular weight excluding hydrogens is 315 g/mol. The van der Waals surface area contributed by atoms with Crippen molar-refractivity contribution in [2.75, 3.05) is 5.32 Å². The van der Waals surface area contributed by atoms with Crippen molar-refractivity contribution in [3.8, 4) is 0 Å². The fourth-order valence-electron chi connectivity index (χ4n) is 2.92. The zero-order chi connectivity index (χ0) is 13.5. The summed E-state index contributed by atoms with van der Waals surface area (Å²) >= 11 is 0.00407. The summed E-state index contributed by atoms with van der Waals surface area (Å²) in [5.41, 5.74) is 11.9. The number of hydrogen-bond donors (Lipinski definition) is 2. The van der Waals surface area contributed by atoms with E-state index >= 15 is 0 Å². The van der Waals surface area contributed by atoms with Gasteiger partial charge in [-0.1, -0.05) is 0 Å². The van der Waals surface area contributed by atoms with Crippen LogP contribution >= 0.6 is 0 Å². The molecule has 4 nitrogen and oxygen atoms in total. The molecule has 1 heterocycles. The molecule has 0 saturated heterocycles. The minimum atomic E-state index is 0.00407. The van der Waals surface area contributed by atoms with Crippen LogP contribution in [0.5, 0.6) is 0 Å². The third kappa shape index (κ3) is 1.86. The van der Waals surface area contributed by atoms with Crippen LogP contribution in [0.4, 0.5) is 17.1 Å². The van der Waals surface area contributed by atoms with Crippen LogP contribution in [0.2, 0.25) is 0 Å². The van der Waals surface area contributed by atoms with Crippen LogP contribution in [-0.4, -0.2) is 14.6 Å². The van der Waals surface area contributed by atoms with E-state index in [4.69, 9.17) is 5.73 Å². The Morgan fingerprint density at radius 1 is 1.05 bits per heavy atom. The van der Waals surface area contributed by atoms with Gasteiger partial charge in [0.05, 0.1) is 0 Å². The van der Waals surface area contributed by atoms with E-state index in [1.54, 1.807) is 0 Å². The predicted molar refractivity (Wildman–Crippen MR) is 80.7 cm³/mol. The molecule has 0 radical (unpaired) electrons. The SMILES string of the molecule is NC1CC(Nc2cccc3c2N=[Se]=N3)c2ccccc21. The molecule has 1 aliphatic heterocycles. The number of nitrogens with one attached hydrogen (secondary N) is 1. The molecule has 1 aliphatic carbocycles. The van der Waals surface area contributed by atoms with Crippen LogP contribution < -0.4 is 11.1 Å². The summed E-state index contributed by atoms with van der Waals surface area (Å²) in [5.74, 6) is 0. The van der Waals surface area contributed by atoms with Gasteiger partial charge in [-0.05, 0) is 0 Å². The first kappa shape index (κ1) is 12.1. The molecule has 2 unspecified atom stereocenters. The van der Waals surface area contributed by atoms with Crippen LogP contribution in [-0.2, 0) is 0 Å². The first-order chi connectivity index (χ1) is 9.83. The molecule has 0 fully saturated rings. The van der Waals surface area contributed by atoms with Gasteiger partial charge >= 0.3 is 123 Å². The Kier molecular flexibility index (Phi) is 2.84. The summed E-state index contributed by atoms with van der Waals surface area (Å²) < 4.78 is 8.94. The molecule has 0 bridgehead atoms. The van der Waals surface area contributed by atoms with E-state index in [2.05, 4.69) is 43.6 Å². The Balaban J connectivity index is 1.69. The Hall–Kier alpha value is -1.68. The second-order valence-corrected chi connectivity index (χ2v) is 6.21. The first-order valence-electron chi connectivity index (χ1n) is 6.65. The maximum absolute atomic E-state index is 6.22. The third-order valence-corrected chi connectivity index (χ3v) is 5.01. The van der Waals surface area contributed by atoms with E-state index in [0.29, 0.717) is 0 Å². The van der Waals surface area contributed by atoms with Gasteiger partial charge in [-0.3, -0.25) is 0 Å². The Morgan fingerprint density at radius 2 is 1.90 bits per heavy atom. The van der Waals surface area contributed by atoms with Crippen molar-refractivity contribution in [2.45, 2.75) is 18.5 Å². The van der Waals surface area contributed by atoms with Crippen molar-refractivity contribution in [2.24, 2.45) is 13.7 Å². The number of nitrogens with zero attached hydrogens (tertiary/aromatic N) is 2. The second-order valence-electron chi connectivity index (χ2n) is 5.11. The molecule has 0 aromatic heterocycles. The third-order valence-electron chi connectivity index (χ3n) is 3.88. The fraction of sp³-hybridized carbons (Fsp3) is 0.200. The van der Waals surface area contributed by atoms with Crippen molar-refractivity contribution < 1.29 is 0 Å². The molecule has 3 N–H and O–H groups in total. The minimum absolute atomic E-state index is 0.00407. The van der Waals surface area contributed by atoms with E-state index in [9.17, 15) is 0 Å². The maximum atomic E-state index is 6.22. The summed E-state index contributed by atoms with van der Waals surface area (Å²) in [5, 5.41) is 3.60. The normalized spacial score (nSPS) is 22.2. The fourth-order valence-corrected chi connectivity index (χ4v) is 4.07. The first-order valence-corrected chi connectivity index (χ1v) is 8.18. The Labute approximate surface area is 123 Å². The van der Waals surface area contributed by atoms with E-state index in [1.807, 2.05) is 12.1 Å². The van der Waals surface area contributed by atoms with Crippen LogP contribution in [0.1, 0.15) is 29.6 Å². The van der Waals surface area contributed by atoms with Crippen molar-refractivity contribution in [1.82, 2.24) is 0 Å². The molecule has 2 atom stereocenters. The number of rotatable bonds is 2. The number of hydrogen-bond acceptors (Lipinski definition) is 4. The average molecular weight is 329 g/mol. The molecule has 20 heavy (non-hydrogen) atoms. The number of nitrogens with two attached hydrogens (primary N) is 1. The molecule has 4 rings (SSSR count). The van der Waals surface area contributed by atoms with Gasteiger partial charge in [0.15, 0.2) is 0 Å².